The summed E-state index contributed by atoms with van der Waals surface area (Å²) in [7, 11) is -4.17. The molecule has 0 saturated carbocycles. The number of halogens is 2. The van der Waals surface area contributed by atoms with Gasteiger partial charge in [0.15, 0.2) is 0 Å². The summed E-state index contributed by atoms with van der Waals surface area (Å²) < 4.78 is 38.9. The van der Waals surface area contributed by atoms with Gasteiger partial charge in [-0.2, -0.15) is 0 Å². The zero-order chi connectivity index (χ0) is 25.6. The first-order valence-corrected chi connectivity index (χ1v) is 13.3. The lowest BCUT2D eigenvalue weighted by Crippen LogP contribution is -2.37. The van der Waals surface area contributed by atoms with Crippen LogP contribution in [0.5, 0.6) is 11.5 Å². The Morgan fingerprint density at radius 3 is 2.06 bits per heavy atom. The molecule has 0 radical (unpaired) electrons. The van der Waals surface area contributed by atoms with Crippen molar-refractivity contribution in [3.63, 3.8) is 0 Å². The van der Waals surface area contributed by atoms with Crippen LogP contribution in [0.2, 0.25) is 10.0 Å². The van der Waals surface area contributed by atoms with E-state index in [0.29, 0.717) is 34.6 Å². The zero-order valence-electron chi connectivity index (χ0n) is 19.8. The molecule has 0 aliphatic heterocycles. The highest BCUT2D eigenvalue weighted by Crippen LogP contribution is 2.29. The normalized spacial score (nSPS) is 11.2. The summed E-state index contributed by atoms with van der Waals surface area (Å²) in [5.41, 5.74) is 2.01. The van der Waals surface area contributed by atoms with Crippen molar-refractivity contribution in [2.24, 2.45) is 0 Å². The highest BCUT2D eigenvalue weighted by molar-refractivity contribution is 7.93. The van der Waals surface area contributed by atoms with E-state index in [1.807, 2.05) is 32.9 Å². The molecule has 9 heteroatoms. The van der Waals surface area contributed by atoms with Crippen LogP contribution in [0.3, 0.4) is 0 Å². The number of hydrogen-bond acceptors (Lipinski definition) is 5. The minimum atomic E-state index is -4.17. The van der Waals surface area contributed by atoms with E-state index in [0.717, 1.165) is 15.4 Å². The van der Waals surface area contributed by atoms with Crippen molar-refractivity contribution in [1.29, 1.82) is 0 Å². The van der Waals surface area contributed by atoms with E-state index in [9.17, 15) is 13.2 Å². The summed E-state index contributed by atoms with van der Waals surface area (Å²) >= 11 is 12.1. The SMILES string of the molecule is CCOc1ccc(N(C(=O)CCCOc2cc(C)c(Cl)c(C)c2)S(=O)(=O)c2ccc(Cl)cc2)cc1. The van der Waals surface area contributed by atoms with E-state index in [2.05, 4.69) is 0 Å². The van der Waals surface area contributed by atoms with Crippen molar-refractivity contribution >= 4 is 44.8 Å². The van der Waals surface area contributed by atoms with Gasteiger partial charge in [0.25, 0.3) is 10.0 Å². The molecule has 0 heterocycles. The minimum Gasteiger partial charge on any atom is -0.494 e. The van der Waals surface area contributed by atoms with Crippen molar-refractivity contribution in [3.05, 3.63) is 81.8 Å². The van der Waals surface area contributed by atoms with Gasteiger partial charge in [0.05, 0.1) is 23.8 Å². The molecule has 0 fully saturated rings. The number of aryl methyl sites for hydroxylation is 2. The van der Waals surface area contributed by atoms with Crippen molar-refractivity contribution in [3.8, 4) is 11.5 Å². The molecule has 186 valence electrons. The van der Waals surface area contributed by atoms with Crippen molar-refractivity contribution < 1.29 is 22.7 Å². The molecular formula is C26H27Cl2NO5S. The first kappa shape index (κ1) is 26.9. The highest BCUT2D eigenvalue weighted by Gasteiger charge is 2.30. The van der Waals surface area contributed by atoms with Gasteiger partial charge in [-0.15, -0.1) is 0 Å². The number of benzene rings is 3. The molecule has 0 aliphatic rings. The van der Waals surface area contributed by atoms with Crippen molar-refractivity contribution in [1.82, 2.24) is 0 Å². The molecule has 6 nitrogen and oxygen atoms in total. The first-order valence-electron chi connectivity index (χ1n) is 11.1. The van der Waals surface area contributed by atoms with Crippen LogP contribution in [0.4, 0.5) is 5.69 Å². The summed E-state index contributed by atoms with van der Waals surface area (Å²) in [5, 5.41) is 1.08. The number of rotatable bonds is 10. The van der Waals surface area contributed by atoms with Gasteiger partial charge < -0.3 is 9.47 Å². The molecule has 3 rings (SSSR count). The maximum absolute atomic E-state index is 13.4. The lowest BCUT2D eigenvalue weighted by molar-refractivity contribution is -0.117. The summed E-state index contributed by atoms with van der Waals surface area (Å²) in [5.74, 6) is 0.652. The van der Waals surface area contributed by atoms with Crippen LogP contribution >= 0.6 is 23.2 Å². The Kier molecular flexibility index (Phi) is 9.05. The first-order chi connectivity index (χ1) is 16.6. The van der Waals surface area contributed by atoms with Crippen LogP contribution in [0, 0.1) is 13.8 Å². The second-order valence-electron chi connectivity index (χ2n) is 7.87. The lowest BCUT2D eigenvalue weighted by atomic mass is 10.1. The van der Waals surface area contributed by atoms with Crippen LogP contribution in [0.25, 0.3) is 0 Å². The molecule has 0 spiro atoms. The molecule has 0 aliphatic carbocycles. The van der Waals surface area contributed by atoms with E-state index < -0.39 is 15.9 Å². The minimum absolute atomic E-state index is 0.0347. The topological polar surface area (TPSA) is 72.9 Å². The molecular weight excluding hydrogens is 509 g/mol. The monoisotopic (exact) mass is 535 g/mol. The van der Waals surface area contributed by atoms with Crippen LogP contribution in [-0.4, -0.2) is 27.5 Å². The molecule has 3 aromatic rings. The lowest BCUT2D eigenvalue weighted by Gasteiger charge is -2.23. The third-order valence-corrected chi connectivity index (χ3v) is 7.79. The number of ether oxygens (including phenoxy) is 2. The van der Waals surface area contributed by atoms with Gasteiger partial charge in [-0.3, -0.25) is 4.79 Å². The average molecular weight is 536 g/mol. The predicted molar refractivity (Wildman–Crippen MR) is 139 cm³/mol. The Hall–Kier alpha value is -2.74. The summed E-state index contributed by atoms with van der Waals surface area (Å²) in [6, 6.07) is 15.7. The molecule has 0 saturated heterocycles. The molecule has 0 unspecified atom stereocenters. The smallest absolute Gasteiger partial charge is 0.270 e. The number of carbonyl (C=O) groups is 1. The number of carbonyl (C=O) groups excluding carboxylic acids is 1. The van der Waals surface area contributed by atoms with E-state index in [1.54, 1.807) is 24.3 Å². The van der Waals surface area contributed by atoms with Gasteiger partial charge in [-0.25, -0.2) is 12.7 Å². The van der Waals surface area contributed by atoms with Crippen LogP contribution in [0.15, 0.2) is 65.6 Å². The molecule has 0 atom stereocenters. The summed E-state index contributed by atoms with van der Waals surface area (Å²) in [6.45, 7) is 6.34. The quantitative estimate of drug-likeness (QED) is 0.274. The summed E-state index contributed by atoms with van der Waals surface area (Å²) in [4.78, 5) is 13.2. The molecule has 0 bridgehead atoms. The summed E-state index contributed by atoms with van der Waals surface area (Å²) in [6.07, 6.45) is 0.287. The van der Waals surface area contributed by atoms with Gasteiger partial charge in [0.1, 0.15) is 11.5 Å². The Labute approximate surface area is 216 Å². The van der Waals surface area contributed by atoms with E-state index in [1.165, 1.54) is 24.3 Å². The van der Waals surface area contributed by atoms with Crippen molar-refractivity contribution in [2.75, 3.05) is 17.5 Å². The Morgan fingerprint density at radius 1 is 0.886 bits per heavy atom. The molecule has 0 N–H and O–H groups in total. The third-order valence-electron chi connectivity index (χ3n) is 5.17. The van der Waals surface area contributed by atoms with Gasteiger partial charge in [-0.05, 0) is 99.0 Å². The largest absolute Gasteiger partial charge is 0.494 e. The Bertz CT molecular complexity index is 1250. The van der Waals surface area contributed by atoms with Gasteiger partial charge in [-0.1, -0.05) is 23.2 Å². The fourth-order valence-electron chi connectivity index (χ4n) is 3.48. The second-order valence-corrected chi connectivity index (χ2v) is 10.5. The van der Waals surface area contributed by atoms with E-state index in [-0.39, 0.29) is 23.6 Å². The van der Waals surface area contributed by atoms with E-state index in [4.69, 9.17) is 32.7 Å². The molecule has 35 heavy (non-hydrogen) atoms. The highest BCUT2D eigenvalue weighted by atomic mass is 35.5. The fourth-order valence-corrected chi connectivity index (χ4v) is 5.16. The molecule has 1 amide bonds. The Morgan fingerprint density at radius 2 is 1.49 bits per heavy atom. The zero-order valence-corrected chi connectivity index (χ0v) is 22.1. The second kappa shape index (κ2) is 11.8. The van der Waals surface area contributed by atoms with Gasteiger partial charge >= 0.3 is 0 Å². The van der Waals surface area contributed by atoms with Gasteiger partial charge in [0, 0.05) is 16.5 Å². The van der Waals surface area contributed by atoms with Crippen LogP contribution < -0.4 is 13.8 Å². The standard InChI is InChI=1S/C26H27Cl2NO5S/c1-4-33-22-11-9-21(10-12-22)29(35(31,32)24-13-7-20(27)8-14-24)25(30)6-5-15-34-23-16-18(2)26(28)19(3)17-23/h7-14,16-17H,4-6,15H2,1-3H3. The number of nitrogens with zero attached hydrogens (tertiary/aromatic N) is 1. The van der Waals surface area contributed by atoms with Gasteiger partial charge in [0.2, 0.25) is 5.91 Å². The number of amides is 1. The fraction of sp³-hybridized carbons (Fsp3) is 0.269. The third kappa shape index (κ3) is 6.69. The van der Waals surface area contributed by atoms with Crippen LogP contribution in [0.1, 0.15) is 30.9 Å². The average Bonchev–Trinajstić information content (AvgIpc) is 2.82. The van der Waals surface area contributed by atoms with Crippen LogP contribution in [-0.2, 0) is 14.8 Å². The number of sulfonamides is 1. The number of hydrogen-bond donors (Lipinski definition) is 0. The predicted octanol–water partition coefficient (Wildman–Crippen LogP) is 6.59. The Balaban J connectivity index is 1.79. The van der Waals surface area contributed by atoms with Crippen molar-refractivity contribution in [2.45, 2.75) is 38.5 Å². The molecule has 3 aromatic carbocycles. The molecule has 0 aromatic heterocycles. The maximum atomic E-state index is 13.4. The maximum Gasteiger partial charge on any atom is 0.270 e. The van der Waals surface area contributed by atoms with E-state index >= 15 is 0 Å². The number of anilines is 1.